The van der Waals surface area contributed by atoms with E-state index in [1.165, 1.54) is 12.1 Å². The third-order valence-electron chi connectivity index (χ3n) is 6.01. The van der Waals surface area contributed by atoms with Gasteiger partial charge in [-0.05, 0) is 54.7 Å². The molecule has 1 saturated heterocycles. The van der Waals surface area contributed by atoms with E-state index in [0.717, 1.165) is 41.5 Å². The van der Waals surface area contributed by atoms with Gasteiger partial charge >= 0.3 is 0 Å². The van der Waals surface area contributed by atoms with Gasteiger partial charge in [0.25, 0.3) is 5.56 Å². The zero-order valence-electron chi connectivity index (χ0n) is 18.7. The molecule has 1 aliphatic heterocycles. The maximum Gasteiger partial charge on any atom is 0.253 e. The number of aromatic nitrogens is 1. The Morgan fingerprint density at radius 1 is 1.00 bits per heavy atom. The molecule has 6 heteroatoms. The molecule has 2 atom stereocenters. The van der Waals surface area contributed by atoms with E-state index in [2.05, 4.69) is 53.3 Å². The molecule has 0 radical (unpaired) electrons. The summed E-state index contributed by atoms with van der Waals surface area (Å²) >= 11 is 0. The number of pyridine rings is 1. The van der Waals surface area contributed by atoms with Gasteiger partial charge in [-0.1, -0.05) is 13.8 Å². The summed E-state index contributed by atoms with van der Waals surface area (Å²) in [6, 6.07) is 14.1. The van der Waals surface area contributed by atoms with Gasteiger partial charge in [0.05, 0.1) is 19.7 Å². The largest absolute Gasteiger partial charge is 0.493 e. The molecule has 2 heterocycles. The number of nitrogens with one attached hydrogen (secondary N) is 2. The van der Waals surface area contributed by atoms with E-state index in [4.69, 9.17) is 9.47 Å². The Labute approximate surface area is 183 Å². The summed E-state index contributed by atoms with van der Waals surface area (Å²) in [6.07, 6.45) is 1.30. The maximum atomic E-state index is 12.6. The first-order valence-electron chi connectivity index (χ1n) is 10.8. The van der Waals surface area contributed by atoms with E-state index in [9.17, 15) is 4.79 Å². The van der Waals surface area contributed by atoms with Crippen LogP contribution in [0.3, 0.4) is 0 Å². The van der Waals surface area contributed by atoms with Gasteiger partial charge in [-0.2, -0.15) is 0 Å². The number of nitrogens with zero attached hydrogens (tertiary/aromatic N) is 1. The molecule has 2 aromatic carbocycles. The summed E-state index contributed by atoms with van der Waals surface area (Å²) in [5.74, 6) is 2.67. The number of fused-ring (bicyclic) bond motifs is 1. The van der Waals surface area contributed by atoms with E-state index >= 15 is 0 Å². The number of aromatic amines is 1. The van der Waals surface area contributed by atoms with Gasteiger partial charge in [0.1, 0.15) is 0 Å². The molecule has 0 aliphatic carbocycles. The van der Waals surface area contributed by atoms with Gasteiger partial charge in [0, 0.05) is 48.0 Å². The van der Waals surface area contributed by atoms with Crippen molar-refractivity contribution in [3.05, 3.63) is 58.4 Å². The quantitative estimate of drug-likeness (QED) is 0.607. The average molecular weight is 422 g/mol. The van der Waals surface area contributed by atoms with Crippen LogP contribution in [0.1, 0.15) is 25.8 Å². The van der Waals surface area contributed by atoms with Crippen molar-refractivity contribution in [3.63, 3.8) is 0 Å². The zero-order valence-corrected chi connectivity index (χ0v) is 18.7. The number of hydrogen-bond acceptors (Lipinski definition) is 5. The van der Waals surface area contributed by atoms with Crippen molar-refractivity contribution >= 4 is 22.3 Å². The average Bonchev–Trinajstić information content (AvgIpc) is 2.76. The third kappa shape index (κ3) is 4.63. The lowest BCUT2D eigenvalue weighted by atomic mass is 9.91. The molecule has 0 bridgehead atoms. The Balaban J connectivity index is 1.48. The highest BCUT2D eigenvalue weighted by atomic mass is 16.5. The van der Waals surface area contributed by atoms with Crippen LogP contribution in [0.15, 0.2) is 47.3 Å². The first-order valence-corrected chi connectivity index (χ1v) is 10.8. The predicted molar refractivity (Wildman–Crippen MR) is 127 cm³/mol. The fourth-order valence-electron chi connectivity index (χ4n) is 4.57. The summed E-state index contributed by atoms with van der Waals surface area (Å²) in [6.45, 7) is 7.31. The molecule has 2 N–H and O–H groups in total. The minimum absolute atomic E-state index is 0.111. The van der Waals surface area contributed by atoms with Crippen molar-refractivity contribution in [1.29, 1.82) is 0 Å². The number of methoxy groups -OCH3 is 2. The van der Waals surface area contributed by atoms with E-state index < -0.39 is 0 Å². The molecular weight excluding hydrogens is 390 g/mol. The zero-order chi connectivity index (χ0) is 22.0. The standard InChI is InChI=1S/C25H31N3O3/c1-16-9-17(2)15-28(14-16)21-7-5-20(6-8-21)26-13-19-10-18-11-23(30-3)24(31-4)12-22(18)27-25(19)29/h5-8,10-12,16-17,26H,9,13-15H2,1-4H3,(H,27,29). The summed E-state index contributed by atoms with van der Waals surface area (Å²) < 4.78 is 10.7. The molecule has 164 valence electrons. The molecule has 0 spiro atoms. The minimum atomic E-state index is -0.111. The van der Waals surface area contributed by atoms with Crippen molar-refractivity contribution < 1.29 is 9.47 Å². The highest BCUT2D eigenvalue weighted by Crippen LogP contribution is 2.31. The molecule has 3 aromatic rings. The molecule has 31 heavy (non-hydrogen) atoms. The van der Waals surface area contributed by atoms with Gasteiger partial charge in [-0.3, -0.25) is 4.79 Å². The number of H-pyrrole nitrogens is 1. The molecule has 4 rings (SSSR count). The fraction of sp³-hybridized carbons (Fsp3) is 0.400. The Morgan fingerprint density at radius 3 is 2.29 bits per heavy atom. The fourth-order valence-corrected chi connectivity index (χ4v) is 4.57. The van der Waals surface area contributed by atoms with Gasteiger partial charge in [-0.15, -0.1) is 0 Å². The molecule has 2 unspecified atom stereocenters. The highest BCUT2D eigenvalue weighted by Gasteiger charge is 2.21. The van der Waals surface area contributed by atoms with Crippen molar-refractivity contribution in [1.82, 2.24) is 4.98 Å². The lowest BCUT2D eigenvalue weighted by molar-refractivity contribution is 0.356. The minimum Gasteiger partial charge on any atom is -0.493 e. The monoisotopic (exact) mass is 421 g/mol. The second-order valence-corrected chi connectivity index (χ2v) is 8.67. The van der Waals surface area contributed by atoms with Crippen LogP contribution in [0, 0.1) is 11.8 Å². The van der Waals surface area contributed by atoms with E-state index in [0.29, 0.717) is 23.6 Å². The van der Waals surface area contributed by atoms with Crippen LogP contribution in [0.4, 0.5) is 11.4 Å². The maximum absolute atomic E-state index is 12.6. The smallest absolute Gasteiger partial charge is 0.253 e. The summed E-state index contributed by atoms with van der Waals surface area (Å²) in [5, 5.41) is 4.27. The van der Waals surface area contributed by atoms with E-state index in [-0.39, 0.29) is 5.56 Å². The lowest BCUT2D eigenvalue weighted by Crippen LogP contribution is -2.38. The van der Waals surface area contributed by atoms with Crippen LogP contribution in [-0.4, -0.2) is 32.3 Å². The van der Waals surface area contributed by atoms with Crippen LogP contribution in [0.5, 0.6) is 11.5 Å². The Hall–Kier alpha value is -3.15. The summed E-state index contributed by atoms with van der Waals surface area (Å²) in [7, 11) is 3.19. The van der Waals surface area contributed by atoms with Crippen LogP contribution in [0.25, 0.3) is 10.9 Å². The van der Waals surface area contributed by atoms with Crippen molar-refractivity contribution in [2.45, 2.75) is 26.8 Å². The molecule has 0 saturated carbocycles. The second-order valence-electron chi connectivity index (χ2n) is 8.67. The van der Waals surface area contributed by atoms with Crippen LogP contribution in [0.2, 0.25) is 0 Å². The Morgan fingerprint density at radius 2 is 1.65 bits per heavy atom. The van der Waals surface area contributed by atoms with E-state index in [1.54, 1.807) is 20.3 Å². The normalized spacial score (nSPS) is 18.8. The second kappa shape index (κ2) is 8.92. The third-order valence-corrected chi connectivity index (χ3v) is 6.01. The highest BCUT2D eigenvalue weighted by molar-refractivity contribution is 5.83. The van der Waals surface area contributed by atoms with Gasteiger partial charge in [0.2, 0.25) is 0 Å². The van der Waals surface area contributed by atoms with Crippen molar-refractivity contribution in [2.24, 2.45) is 11.8 Å². The van der Waals surface area contributed by atoms with Crippen LogP contribution < -0.4 is 25.2 Å². The number of ether oxygens (including phenoxy) is 2. The lowest BCUT2D eigenvalue weighted by Gasteiger charge is -2.36. The summed E-state index contributed by atoms with van der Waals surface area (Å²) in [5.41, 5.74) is 3.53. The number of benzene rings is 2. The predicted octanol–water partition coefficient (Wildman–Crippen LogP) is 4.64. The number of hydrogen-bond donors (Lipinski definition) is 2. The number of anilines is 2. The van der Waals surface area contributed by atoms with Gasteiger partial charge in [-0.25, -0.2) is 0 Å². The molecule has 0 amide bonds. The van der Waals surface area contributed by atoms with Gasteiger partial charge < -0.3 is 24.7 Å². The number of rotatable bonds is 6. The van der Waals surface area contributed by atoms with Crippen molar-refractivity contribution in [2.75, 3.05) is 37.5 Å². The Kier molecular flexibility index (Phi) is 6.07. The van der Waals surface area contributed by atoms with Crippen LogP contribution in [-0.2, 0) is 6.54 Å². The molecule has 6 nitrogen and oxygen atoms in total. The molecule has 1 aliphatic rings. The Bertz CT molecular complexity index is 1100. The van der Waals surface area contributed by atoms with Crippen LogP contribution >= 0.6 is 0 Å². The molecular formula is C25H31N3O3. The van der Waals surface area contributed by atoms with Gasteiger partial charge in [0.15, 0.2) is 11.5 Å². The SMILES string of the molecule is COc1cc2cc(CNc3ccc(N4CC(C)CC(C)C4)cc3)c(=O)[nH]c2cc1OC. The summed E-state index contributed by atoms with van der Waals surface area (Å²) in [4.78, 5) is 18.0. The first-order chi connectivity index (χ1) is 15.0. The topological polar surface area (TPSA) is 66.6 Å². The molecule has 1 aromatic heterocycles. The number of piperidine rings is 1. The molecule has 1 fully saturated rings. The van der Waals surface area contributed by atoms with Crippen molar-refractivity contribution in [3.8, 4) is 11.5 Å². The first kappa shape index (κ1) is 21.1. The van der Waals surface area contributed by atoms with E-state index in [1.807, 2.05) is 12.1 Å².